The fraction of sp³-hybridized carbons (Fsp3) is 0.286. The van der Waals surface area contributed by atoms with Gasteiger partial charge < -0.3 is 25.8 Å². The van der Waals surface area contributed by atoms with Crippen LogP contribution < -0.4 is 20.7 Å². The van der Waals surface area contributed by atoms with Crippen molar-refractivity contribution in [2.24, 2.45) is 0 Å². The molecule has 166 valence electrons. The number of anilines is 2. The zero-order valence-corrected chi connectivity index (χ0v) is 18.5. The minimum Gasteiger partial charge on any atom is -0.481 e. The Hall–Kier alpha value is -2.97. The number of urea groups is 1. The summed E-state index contributed by atoms with van der Waals surface area (Å²) in [5.74, 6) is -1.05. The molecule has 0 spiro atoms. The van der Waals surface area contributed by atoms with Gasteiger partial charge in [0.1, 0.15) is 5.75 Å². The molecule has 0 bridgehead atoms. The number of hydrogen-bond donors (Lipinski definition) is 4. The van der Waals surface area contributed by atoms with Gasteiger partial charge in [-0.25, -0.2) is 4.79 Å². The van der Waals surface area contributed by atoms with E-state index < -0.39 is 23.5 Å². The first kappa shape index (κ1) is 24.3. The van der Waals surface area contributed by atoms with Crippen LogP contribution in [0.4, 0.5) is 16.2 Å². The Morgan fingerprint density at radius 3 is 2.32 bits per heavy atom. The number of carboxylic acid groups (broad SMARTS) is 1. The van der Waals surface area contributed by atoms with Gasteiger partial charge in [-0.3, -0.25) is 9.59 Å². The van der Waals surface area contributed by atoms with Gasteiger partial charge in [0.25, 0.3) is 5.91 Å². The Balaban J connectivity index is 2.02. The van der Waals surface area contributed by atoms with Gasteiger partial charge in [-0.05, 0) is 50.6 Å². The van der Waals surface area contributed by atoms with Crippen molar-refractivity contribution in [2.45, 2.75) is 32.3 Å². The number of nitrogens with one attached hydrogen (secondary N) is 3. The highest BCUT2D eigenvalue weighted by molar-refractivity contribution is 6.35. The van der Waals surface area contributed by atoms with E-state index in [1.165, 1.54) is 0 Å². The molecule has 2 rings (SSSR count). The predicted octanol–water partition coefficient (Wildman–Crippen LogP) is 4.78. The molecule has 0 fully saturated rings. The molecule has 0 aliphatic rings. The van der Waals surface area contributed by atoms with Crippen LogP contribution in [0.3, 0.4) is 0 Å². The SMILES string of the molecule is CC(C)(Oc1ccccc1NC(=O)Nc1cc(Cl)cc(Cl)c1)C(=O)NCCCC(=O)O. The van der Waals surface area contributed by atoms with Crippen LogP contribution in [0.2, 0.25) is 10.0 Å². The van der Waals surface area contributed by atoms with Gasteiger partial charge in [0.05, 0.1) is 5.69 Å². The second kappa shape index (κ2) is 10.9. The number of para-hydroxylation sites is 2. The maximum atomic E-state index is 12.4. The van der Waals surface area contributed by atoms with Gasteiger partial charge in [-0.2, -0.15) is 0 Å². The maximum absolute atomic E-state index is 12.4. The van der Waals surface area contributed by atoms with Crippen molar-refractivity contribution in [3.05, 3.63) is 52.5 Å². The molecule has 10 heteroatoms. The molecule has 8 nitrogen and oxygen atoms in total. The van der Waals surface area contributed by atoms with Crippen molar-refractivity contribution < 1.29 is 24.2 Å². The van der Waals surface area contributed by atoms with E-state index in [9.17, 15) is 14.4 Å². The lowest BCUT2D eigenvalue weighted by atomic mass is 10.1. The summed E-state index contributed by atoms with van der Waals surface area (Å²) in [4.78, 5) is 35.4. The summed E-state index contributed by atoms with van der Waals surface area (Å²) < 4.78 is 5.85. The van der Waals surface area contributed by atoms with E-state index in [1.807, 2.05) is 0 Å². The molecule has 3 amide bonds. The molecule has 0 aliphatic carbocycles. The molecule has 0 aromatic heterocycles. The Morgan fingerprint density at radius 1 is 1.03 bits per heavy atom. The standard InChI is InChI=1S/C21H23Cl2N3O5/c1-21(2,19(29)24-9-5-8-18(27)28)31-17-7-4-3-6-16(17)26-20(30)25-15-11-13(22)10-14(23)12-15/h3-4,6-7,10-12H,5,8-9H2,1-2H3,(H,24,29)(H,27,28)(H2,25,26,30). The van der Waals surface area contributed by atoms with E-state index in [2.05, 4.69) is 16.0 Å². The van der Waals surface area contributed by atoms with Gasteiger partial charge in [0.15, 0.2) is 5.60 Å². The fourth-order valence-corrected chi connectivity index (χ4v) is 3.07. The summed E-state index contributed by atoms with van der Waals surface area (Å²) in [6.45, 7) is 3.36. The number of aliphatic carboxylic acids is 1. The third kappa shape index (κ3) is 7.99. The van der Waals surface area contributed by atoms with Crippen molar-refractivity contribution in [2.75, 3.05) is 17.2 Å². The van der Waals surface area contributed by atoms with E-state index in [-0.39, 0.29) is 18.7 Å². The molecule has 0 saturated heterocycles. The smallest absolute Gasteiger partial charge is 0.323 e. The van der Waals surface area contributed by atoms with Crippen LogP contribution >= 0.6 is 23.2 Å². The number of carboxylic acids is 1. The summed E-state index contributed by atoms with van der Waals surface area (Å²) in [7, 11) is 0. The zero-order chi connectivity index (χ0) is 23.0. The highest BCUT2D eigenvalue weighted by atomic mass is 35.5. The number of carbonyl (C=O) groups is 3. The monoisotopic (exact) mass is 467 g/mol. The molecule has 0 radical (unpaired) electrons. The number of rotatable bonds is 9. The Labute approximate surface area is 189 Å². The van der Waals surface area contributed by atoms with E-state index in [0.717, 1.165) is 0 Å². The van der Waals surface area contributed by atoms with Gasteiger partial charge >= 0.3 is 12.0 Å². The fourth-order valence-electron chi connectivity index (χ4n) is 2.55. The summed E-state index contributed by atoms with van der Waals surface area (Å²) in [6.07, 6.45) is 0.268. The number of amides is 3. The van der Waals surface area contributed by atoms with E-state index in [1.54, 1.807) is 56.3 Å². The van der Waals surface area contributed by atoms with Crippen molar-refractivity contribution in [3.8, 4) is 5.75 Å². The highest BCUT2D eigenvalue weighted by Gasteiger charge is 2.30. The summed E-state index contributed by atoms with van der Waals surface area (Å²) in [5, 5.41) is 17.4. The molecule has 0 saturated carbocycles. The Bertz CT molecular complexity index is 946. The topological polar surface area (TPSA) is 117 Å². The molecule has 31 heavy (non-hydrogen) atoms. The van der Waals surface area contributed by atoms with Crippen LogP contribution in [-0.2, 0) is 9.59 Å². The third-order valence-corrected chi connectivity index (χ3v) is 4.46. The lowest BCUT2D eigenvalue weighted by molar-refractivity contribution is -0.138. The first-order valence-corrected chi connectivity index (χ1v) is 10.1. The average Bonchev–Trinajstić information content (AvgIpc) is 2.65. The molecule has 2 aromatic rings. The quantitative estimate of drug-likeness (QED) is 0.396. The normalized spacial score (nSPS) is 10.8. The predicted molar refractivity (Wildman–Crippen MR) is 120 cm³/mol. The van der Waals surface area contributed by atoms with Crippen molar-refractivity contribution >= 4 is 52.5 Å². The molecule has 0 heterocycles. The second-order valence-electron chi connectivity index (χ2n) is 7.10. The molecular weight excluding hydrogens is 445 g/mol. The van der Waals surface area contributed by atoms with Crippen LogP contribution in [0.5, 0.6) is 5.75 Å². The lowest BCUT2D eigenvalue weighted by Gasteiger charge is -2.26. The second-order valence-corrected chi connectivity index (χ2v) is 7.97. The maximum Gasteiger partial charge on any atom is 0.323 e. The number of carbonyl (C=O) groups excluding carboxylic acids is 2. The molecular formula is C21H23Cl2N3O5. The van der Waals surface area contributed by atoms with Crippen molar-refractivity contribution in [1.29, 1.82) is 0 Å². The average molecular weight is 468 g/mol. The number of ether oxygens (including phenoxy) is 1. The van der Waals surface area contributed by atoms with Crippen molar-refractivity contribution in [1.82, 2.24) is 5.32 Å². The molecule has 0 atom stereocenters. The number of benzene rings is 2. The van der Waals surface area contributed by atoms with Crippen LogP contribution in [0, 0.1) is 0 Å². The molecule has 0 unspecified atom stereocenters. The highest BCUT2D eigenvalue weighted by Crippen LogP contribution is 2.28. The van der Waals surface area contributed by atoms with Gasteiger partial charge in [-0.15, -0.1) is 0 Å². The minimum absolute atomic E-state index is 0.0404. The number of hydrogen-bond acceptors (Lipinski definition) is 4. The van der Waals surface area contributed by atoms with Crippen LogP contribution in [0.1, 0.15) is 26.7 Å². The first-order chi connectivity index (χ1) is 14.6. The summed E-state index contributed by atoms with van der Waals surface area (Å²) >= 11 is 11.9. The molecule has 4 N–H and O–H groups in total. The van der Waals surface area contributed by atoms with Gasteiger partial charge in [0.2, 0.25) is 0 Å². The lowest BCUT2D eigenvalue weighted by Crippen LogP contribution is -2.47. The van der Waals surface area contributed by atoms with Crippen molar-refractivity contribution in [3.63, 3.8) is 0 Å². The van der Waals surface area contributed by atoms with Crippen LogP contribution in [-0.4, -0.2) is 35.2 Å². The molecule has 2 aromatic carbocycles. The Kier molecular flexibility index (Phi) is 8.53. The van der Waals surface area contributed by atoms with E-state index >= 15 is 0 Å². The minimum atomic E-state index is -1.27. The summed E-state index contributed by atoms with van der Waals surface area (Å²) in [6, 6.07) is 10.7. The van der Waals surface area contributed by atoms with Gasteiger partial charge in [0, 0.05) is 28.7 Å². The Morgan fingerprint density at radius 2 is 1.68 bits per heavy atom. The van der Waals surface area contributed by atoms with Gasteiger partial charge in [-0.1, -0.05) is 35.3 Å². The number of halogens is 2. The first-order valence-electron chi connectivity index (χ1n) is 9.39. The van der Waals surface area contributed by atoms with Crippen LogP contribution in [0.15, 0.2) is 42.5 Å². The molecule has 0 aliphatic heterocycles. The largest absolute Gasteiger partial charge is 0.481 e. The summed E-state index contributed by atoms with van der Waals surface area (Å²) in [5.41, 5.74) is -0.507. The zero-order valence-electron chi connectivity index (χ0n) is 17.0. The van der Waals surface area contributed by atoms with Crippen LogP contribution in [0.25, 0.3) is 0 Å². The third-order valence-electron chi connectivity index (χ3n) is 4.02. The van der Waals surface area contributed by atoms with E-state index in [0.29, 0.717) is 27.8 Å². The van der Waals surface area contributed by atoms with E-state index in [4.69, 9.17) is 33.0 Å².